The first-order valence-electron chi connectivity index (χ1n) is 14.2. The van der Waals surface area contributed by atoms with E-state index in [1.165, 1.54) is 6.08 Å². The number of aliphatic hydroxyl groups excluding tert-OH is 2. The van der Waals surface area contributed by atoms with Gasteiger partial charge >= 0.3 is 5.97 Å². The minimum absolute atomic E-state index is 0.0182. The molecule has 2 aliphatic rings. The quantitative estimate of drug-likeness (QED) is 0.171. The summed E-state index contributed by atoms with van der Waals surface area (Å²) in [6.45, 7) is 4.47. The van der Waals surface area contributed by atoms with Gasteiger partial charge in [-0.2, -0.15) is 0 Å². The van der Waals surface area contributed by atoms with Crippen LogP contribution in [0, 0.1) is 5.41 Å². The van der Waals surface area contributed by atoms with Crippen LogP contribution in [0.25, 0.3) is 5.57 Å². The zero-order valence-corrected chi connectivity index (χ0v) is 23.6. The van der Waals surface area contributed by atoms with Crippen LogP contribution in [0.15, 0.2) is 72.6 Å². The summed E-state index contributed by atoms with van der Waals surface area (Å²) in [5.74, 6) is -0.728. The predicted octanol–water partition coefficient (Wildman–Crippen LogP) is 6.62. The molecule has 0 radical (unpaired) electrons. The minimum Gasteiger partial charge on any atom is -0.481 e. The largest absolute Gasteiger partial charge is 0.481 e. The Hall–Kier alpha value is -3.75. The molecular formula is C33H39FN2O5. The molecule has 4 N–H and O–H groups in total. The molecule has 2 aliphatic carbocycles. The lowest BCUT2D eigenvalue weighted by Gasteiger charge is -2.22. The zero-order valence-electron chi connectivity index (χ0n) is 23.6. The Morgan fingerprint density at radius 3 is 2.49 bits per heavy atom. The first-order chi connectivity index (χ1) is 19.7. The molecule has 8 heteroatoms. The van der Waals surface area contributed by atoms with Gasteiger partial charge in [-0.1, -0.05) is 62.4 Å². The van der Waals surface area contributed by atoms with E-state index in [0.717, 1.165) is 28.9 Å². The summed E-state index contributed by atoms with van der Waals surface area (Å²) in [4.78, 5) is 11.0. The van der Waals surface area contributed by atoms with E-state index in [0.29, 0.717) is 24.3 Å². The molecule has 0 saturated carbocycles. The van der Waals surface area contributed by atoms with E-state index in [-0.39, 0.29) is 42.8 Å². The Morgan fingerprint density at radius 2 is 1.88 bits per heavy atom. The third-order valence-corrected chi connectivity index (χ3v) is 7.47. The number of aliphatic hydroxyl groups is 2. The van der Waals surface area contributed by atoms with Gasteiger partial charge in [0.1, 0.15) is 5.83 Å². The van der Waals surface area contributed by atoms with Crippen molar-refractivity contribution < 1.29 is 29.2 Å². The van der Waals surface area contributed by atoms with Crippen molar-refractivity contribution in [3.63, 3.8) is 0 Å². The molecule has 1 unspecified atom stereocenters. The Morgan fingerprint density at radius 1 is 1.12 bits per heavy atom. The van der Waals surface area contributed by atoms with Crippen LogP contribution in [0.4, 0.5) is 4.39 Å². The number of ether oxygens (including phenoxy) is 1. The smallest absolute Gasteiger partial charge is 0.305 e. The normalized spacial score (nSPS) is 18.1. The molecule has 0 spiro atoms. The van der Waals surface area contributed by atoms with E-state index in [4.69, 9.17) is 15.3 Å². The molecule has 2 aromatic rings. The maximum atomic E-state index is 14.1. The Kier molecular flexibility index (Phi) is 10.1. The van der Waals surface area contributed by atoms with E-state index in [1.54, 1.807) is 6.08 Å². The van der Waals surface area contributed by atoms with Crippen LogP contribution in [-0.4, -0.2) is 44.0 Å². The predicted molar refractivity (Wildman–Crippen MR) is 158 cm³/mol. The number of carboxylic acid groups (broad SMARTS) is 1. The molecule has 218 valence electrons. The SMILES string of the molecule is CC(C)c1c(OC(=N)c2ccccc2)c(C2C=CC=CC2)c(C2=CC=C(F)CC2)n1CC[C@@H](O)C[C@@H](O)CC(=O)O. The highest BCUT2D eigenvalue weighted by Gasteiger charge is 2.33. The number of aliphatic carboxylic acids is 1. The van der Waals surface area contributed by atoms with Gasteiger partial charge in [0.05, 0.1) is 30.0 Å². The van der Waals surface area contributed by atoms with Crippen molar-refractivity contribution in [3.8, 4) is 5.75 Å². The topological polar surface area (TPSA) is 116 Å². The van der Waals surface area contributed by atoms with E-state index in [9.17, 15) is 19.4 Å². The van der Waals surface area contributed by atoms with Crippen LogP contribution in [-0.2, 0) is 11.3 Å². The van der Waals surface area contributed by atoms with Crippen LogP contribution >= 0.6 is 0 Å². The number of aromatic nitrogens is 1. The molecule has 0 saturated heterocycles. The lowest BCUT2D eigenvalue weighted by atomic mass is 9.87. The molecule has 0 aliphatic heterocycles. The number of nitrogens with zero attached hydrogens (tertiary/aromatic N) is 1. The second-order valence-electron chi connectivity index (χ2n) is 11.0. The number of carbonyl (C=O) groups is 1. The molecule has 0 amide bonds. The second kappa shape index (κ2) is 13.7. The van der Waals surface area contributed by atoms with Gasteiger partial charge in [-0.15, -0.1) is 0 Å². The minimum atomic E-state index is -1.15. The highest BCUT2D eigenvalue weighted by molar-refractivity contribution is 5.93. The van der Waals surface area contributed by atoms with Crippen molar-refractivity contribution in [2.75, 3.05) is 0 Å². The third-order valence-electron chi connectivity index (χ3n) is 7.47. The van der Waals surface area contributed by atoms with Crippen molar-refractivity contribution in [1.29, 1.82) is 5.41 Å². The monoisotopic (exact) mass is 562 g/mol. The molecular weight excluding hydrogens is 523 g/mol. The van der Waals surface area contributed by atoms with Gasteiger partial charge in [-0.25, -0.2) is 4.39 Å². The fourth-order valence-corrected chi connectivity index (χ4v) is 5.59. The maximum absolute atomic E-state index is 14.1. The molecule has 1 heterocycles. The zero-order chi connectivity index (χ0) is 29.5. The number of hydrogen-bond donors (Lipinski definition) is 4. The van der Waals surface area contributed by atoms with Gasteiger partial charge in [0.25, 0.3) is 0 Å². The highest BCUT2D eigenvalue weighted by atomic mass is 19.1. The van der Waals surface area contributed by atoms with Crippen molar-refractivity contribution in [2.24, 2.45) is 0 Å². The Labute approximate surface area is 240 Å². The molecule has 1 aromatic heterocycles. The number of rotatable bonds is 12. The molecule has 3 atom stereocenters. The van der Waals surface area contributed by atoms with Gasteiger partial charge < -0.3 is 24.6 Å². The molecule has 4 rings (SSSR count). The molecule has 1 aromatic carbocycles. The van der Waals surface area contributed by atoms with Crippen LogP contribution < -0.4 is 4.74 Å². The maximum Gasteiger partial charge on any atom is 0.305 e. The standard InChI is InChI=1S/C33H39FN2O5/c1-21(2)30-32(41-33(35)24-11-7-4-8-12-24)29(22-9-5-3-6-10-22)31(23-13-15-25(34)16-14-23)36(30)18-17-26(37)19-27(38)20-28(39)40/h3-9,11-13,15,21-22,26-27,35,37-38H,10,14,16-20H2,1-2H3,(H,39,40)/t22?,26-,27-/m1/s1. The van der Waals surface area contributed by atoms with Crippen LogP contribution in [0.1, 0.15) is 86.7 Å². The summed E-state index contributed by atoms with van der Waals surface area (Å²) >= 11 is 0. The van der Waals surface area contributed by atoms with Crippen molar-refractivity contribution >= 4 is 17.4 Å². The summed E-state index contributed by atoms with van der Waals surface area (Å²) in [6.07, 6.45) is 10.7. The number of benzene rings is 1. The lowest BCUT2D eigenvalue weighted by molar-refractivity contribution is -0.139. The number of halogens is 1. The molecule has 7 nitrogen and oxygen atoms in total. The average molecular weight is 563 g/mol. The molecule has 0 bridgehead atoms. The number of nitrogens with one attached hydrogen (secondary N) is 1. The fourth-order valence-electron chi connectivity index (χ4n) is 5.59. The van der Waals surface area contributed by atoms with Gasteiger partial charge in [-0.05, 0) is 55.4 Å². The van der Waals surface area contributed by atoms with E-state index >= 15 is 0 Å². The molecule has 41 heavy (non-hydrogen) atoms. The summed E-state index contributed by atoms with van der Waals surface area (Å²) < 4.78 is 22.7. The first kappa shape index (κ1) is 30.2. The van der Waals surface area contributed by atoms with Crippen molar-refractivity contribution in [3.05, 3.63) is 95.1 Å². The van der Waals surface area contributed by atoms with Gasteiger partial charge in [0, 0.05) is 30.0 Å². The third kappa shape index (κ3) is 7.51. The summed E-state index contributed by atoms with van der Waals surface area (Å²) in [5.41, 5.74) is 4.29. The molecule has 0 fully saturated rings. The first-order valence-corrected chi connectivity index (χ1v) is 14.2. The number of carboxylic acids is 1. The summed E-state index contributed by atoms with van der Waals surface area (Å²) in [7, 11) is 0. The van der Waals surface area contributed by atoms with Gasteiger partial charge in [-0.3, -0.25) is 10.2 Å². The summed E-state index contributed by atoms with van der Waals surface area (Å²) in [6, 6.07) is 9.26. The highest BCUT2D eigenvalue weighted by Crippen LogP contribution is 2.47. The number of hydrogen-bond acceptors (Lipinski definition) is 5. The van der Waals surface area contributed by atoms with Crippen molar-refractivity contribution in [1.82, 2.24) is 4.57 Å². The number of allylic oxidation sites excluding steroid dienone is 8. The van der Waals surface area contributed by atoms with Crippen molar-refractivity contribution in [2.45, 2.75) is 83.0 Å². The summed E-state index contributed by atoms with van der Waals surface area (Å²) in [5, 5.41) is 38.6. The average Bonchev–Trinajstić information content (AvgIpc) is 3.26. The van der Waals surface area contributed by atoms with Crippen LogP contribution in [0.5, 0.6) is 5.75 Å². The van der Waals surface area contributed by atoms with Gasteiger partial charge in [0.15, 0.2) is 5.75 Å². The van der Waals surface area contributed by atoms with Crippen LogP contribution in [0.3, 0.4) is 0 Å². The lowest BCUT2D eigenvalue weighted by Crippen LogP contribution is -2.22. The van der Waals surface area contributed by atoms with E-state index in [2.05, 4.69) is 30.6 Å². The Bertz CT molecular complexity index is 1370. The van der Waals surface area contributed by atoms with E-state index < -0.39 is 24.6 Å². The fraction of sp³-hybridized carbons (Fsp3) is 0.394. The van der Waals surface area contributed by atoms with E-state index in [1.807, 2.05) is 42.5 Å². The van der Waals surface area contributed by atoms with Gasteiger partial charge in [0.2, 0.25) is 5.90 Å². The Balaban J connectivity index is 1.83. The second-order valence-corrected chi connectivity index (χ2v) is 11.0. The van der Waals surface area contributed by atoms with Crippen LogP contribution in [0.2, 0.25) is 0 Å².